The number of benzene rings is 1. The first-order valence-corrected chi connectivity index (χ1v) is 17.8. The number of aryl methyl sites for hydroxylation is 1. The molecule has 0 radical (unpaired) electrons. The van der Waals surface area contributed by atoms with E-state index >= 15 is 0 Å². The Hall–Kier alpha value is -5.02. The van der Waals surface area contributed by atoms with Gasteiger partial charge in [-0.3, -0.25) is 14.3 Å². The monoisotopic (exact) mass is 745 g/mol. The van der Waals surface area contributed by atoms with E-state index in [0.29, 0.717) is 63.9 Å². The first-order chi connectivity index (χ1) is 24.8. The summed E-state index contributed by atoms with van der Waals surface area (Å²) < 4.78 is 42.7. The predicted octanol–water partition coefficient (Wildman–Crippen LogP) is 6.89. The van der Waals surface area contributed by atoms with Crippen molar-refractivity contribution < 1.29 is 23.1 Å². The quantitative estimate of drug-likeness (QED) is 0.177. The van der Waals surface area contributed by atoms with Crippen LogP contribution in [0.1, 0.15) is 53.0 Å². The van der Waals surface area contributed by atoms with Gasteiger partial charge in [0.2, 0.25) is 0 Å². The highest BCUT2D eigenvalue weighted by atomic mass is 35.5. The summed E-state index contributed by atoms with van der Waals surface area (Å²) in [5, 5.41) is 22.0. The molecule has 0 bridgehead atoms. The van der Waals surface area contributed by atoms with E-state index in [4.69, 9.17) is 11.6 Å². The van der Waals surface area contributed by atoms with Gasteiger partial charge in [0.05, 0.1) is 44.8 Å². The van der Waals surface area contributed by atoms with Crippen molar-refractivity contribution in [1.82, 2.24) is 24.4 Å². The molecule has 0 unspecified atom stereocenters. The van der Waals surface area contributed by atoms with Crippen LogP contribution in [-0.2, 0) is 6.54 Å². The molecule has 1 aromatic carbocycles. The first-order valence-electron chi connectivity index (χ1n) is 16.5. The van der Waals surface area contributed by atoms with E-state index < -0.39 is 23.1 Å². The molecular formula is C37H31ClF3N7O3S. The summed E-state index contributed by atoms with van der Waals surface area (Å²) in [5.74, 6) is 5.82. The number of aromatic nitrogens is 4. The summed E-state index contributed by atoms with van der Waals surface area (Å²) in [4.78, 5) is 42.8. The normalized spacial score (nSPS) is 16.0. The Morgan fingerprint density at radius 1 is 1.19 bits per heavy atom. The molecule has 52 heavy (non-hydrogen) atoms. The number of carbonyl (C=O) groups is 1. The van der Waals surface area contributed by atoms with Crippen molar-refractivity contribution in [2.75, 3.05) is 31.6 Å². The highest BCUT2D eigenvalue weighted by molar-refractivity contribution is 7.18. The van der Waals surface area contributed by atoms with Crippen LogP contribution >= 0.6 is 22.9 Å². The van der Waals surface area contributed by atoms with Crippen molar-refractivity contribution in [1.29, 1.82) is 5.26 Å². The fourth-order valence-electron chi connectivity index (χ4n) is 6.98. The maximum absolute atomic E-state index is 14.0. The Morgan fingerprint density at radius 3 is 2.62 bits per heavy atom. The fraction of sp³-hybridized carbons (Fsp3) is 0.351. The molecule has 1 N–H and O–H groups in total. The molecule has 266 valence electrons. The van der Waals surface area contributed by atoms with Gasteiger partial charge in [-0.1, -0.05) is 23.4 Å². The number of alkyl halides is 3. The van der Waals surface area contributed by atoms with Gasteiger partial charge in [0.25, 0.3) is 5.56 Å². The lowest BCUT2D eigenvalue weighted by Crippen LogP contribution is -2.47. The Morgan fingerprint density at radius 2 is 1.94 bits per heavy atom. The lowest BCUT2D eigenvalue weighted by molar-refractivity contribution is -0.192. The number of halogens is 4. The average Bonchev–Trinajstić information content (AvgIpc) is 3.78. The molecule has 1 aliphatic heterocycles. The molecule has 2 fully saturated rings. The second kappa shape index (κ2) is 13.5. The number of rotatable bonds is 7. The second-order valence-electron chi connectivity index (χ2n) is 13.3. The van der Waals surface area contributed by atoms with Gasteiger partial charge in [0.1, 0.15) is 23.3 Å². The molecule has 0 amide bonds. The molecule has 5 aromatic rings. The third-order valence-electron chi connectivity index (χ3n) is 10.1. The number of pyridine rings is 2. The largest absolute Gasteiger partial charge is 0.478 e. The molecule has 15 heteroatoms. The molecule has 0 atom stereocenters. The number of fused-ring (bicyclic) bond motifs is 2. The average molecular weight is 746 g/mol. The molecule has 2 aliphatic rings. The lowest BCUT2D eigenvalue weighted by Gasteiger charge is -2.39. The number of nitrogens with zero attached hydrogens (tertiary/aromatic N) is 7. The second-order valence-corrected chi connectivity index (χ2v) is 14.6. The van der Waals surface area contributed by atoms with Crippen LogP contribution < -0.4 is 10.5 Å². The van der Waals surface area contributed by atoms with Crippen molar-refractivity contribution >= 4 is 55.8 Å². The van der Waals surface area contributed by atoms with Gasteiger partial charge in [-0.15, -0.1) is 11.3 Å². The van der Waals surface area contributed by atoms with Gasteiger partial charge in [-0.05, 0) is 56.9 Å². The fourth-order valence-corrected chi connectivity index (χ4v) is 8.17. The number of hydrogen-bond donors (Lipinski definition) is 1. The Balaban J connectivity index is 1.16. The van der Waals surface area contributed by atoms with E-state index in [-0.39, 0.29) is 54.0 Å². The zero-order valence-electron chi connectivity index (χ0n) is 28.1. The minimum Gasteiger partial charge on any atom is -0.478 e. The van der Waals surface area contributed by atoms with Crippen molar-refractivity contribution in [2.24, 2.45) is 5.41 Å². The first kappa shape index (κ1) is 35.4. The Kier molecular flexibility index (Phi) is 9.19. The van der Waals surface area contributed by atoms with E-state index in [1.54, 1.807) is 43.6 Å². The minimum absolute atomic E-state index is 0.00722. The number of piperidine rings is 1. The van der Waals surface area contributed by atoms with E-state index in [1.165, 1.54) is 28.3 Å². The number of hydrogen-bond acceptors (Lipinski definition) is 9. The maximum atomic E-state index is 14.0. The minimum atomic E-state index is -4.20. The van der Waals surface area contributed by atoms with Crippen molar-refractivity contribution in [2.45, 2.75) is 51.4 Å². The molecule has 4 aromatic heterocycles. The zero-order valence-corrected chi connectivity index (χ0v) is 29.7. The smallest absolute Gasteiger partial charge is 0.395 e. The van der Waals surface area contributed by atoms with Gasteiger partial charge >= 0.3 is 12.1 Å². The zero-order chi connectivity index (χ0) is 36.9. The SMILES string of the molecule is Cc1nc2cnc(N(C)C3CCN(CC4(C(F)(F)F)CC4)CC3)c(C#N)c2c(=O)n1CC#Cc1ccc(Cl)cc1-c1ccnc2c(C(=O)O)csc12. The van der Waals surface area contributed by atoms with Crippen molar-refractivity contribution in [3.63, 3.8) is 0 Å². The summed E-state index contributed by atoms with van der Waals surface area (Å²) >= 11 is 7.64. The van der Waals surface area contributed by atoms with Crippen LogP contribution in [0, 0.1) is 35.5 Å². The molecule has 7 rings (SSSR count). The maximum Gasteiger partial charge on any atom is 0.395 e. The van der Waals surface area contributed by atoms with E-state index in [0.717, 1.165) is 5.56 Å². The third-order valence-corrected chi connectivity index (χ3v) is 11.4. The summed E-state index contributed by atoms with van der Waals surface area (Å²) in [6.45, 7) is 2.62. The van der Waals surface area contributed by atoms with Crippen molar-refractivity contribution in [3.8, 4) is 29.0 Å². The summed E-state index contributed by atoms with van der Waals surface area (Å²) in [6.07, 6.45) is 0.325. The van der Waals surface area contributed by atoms with E-state index in [9.17, 15) is 33.1 Å². The van der Waals surface area contributed by atoms with Crippen molar-refractivity contribution in [3.05, 3.63) is 79.9 Å². The van der Waals surface area contributed by atoms with Gasteiger partial charge in [0.15, 0.2) is 0 Å². The number of carboxylic acids is 1. The topological polar surface area (TPSA) is 128 Å². The predicted molar refractivity (Wildman–Crippen MR) is 193 cm³/mol. The standard InChI is InChI=1S/C37H31ClF3N7O3S/c1-21-45-29-18-44-33(46(2)24-8-14-47(15-9-24)20-36(10-11-36)37(39,40)41)27(17-42)30(29)34(49)48(21)13-3-4-22-5-6-23(38)16-26(22)25-7-12-43-31-28(35(50)51)19-52-32(25)31/h5-7,12,16,18-19,24H,8-11,13-15,20H2,1-2H3,(H,50,51). The molecule has 0 spiro atoms. The Labute approximate surface area is 305 Å². The van der Waals surface area contributed by atoms with Crippen LogP contribution in [0.2, 0.25) is 5.02 Å². The van der Waals surface area contributed by atoms with Gasteiger partial charge in [-0.2, -0.15) is 18.4 Å². The van der Waals surface area contributed by atoms with Crippen LogP contribution in [0.3, 0.4) is 0 Å². The molecule has 10 nitrogen and oxygen atoms in total. The summed E-state index contributed by atoms with van der Waals surface area (Å²) in [5.41, 5.74) is 0.781. The van der Waals surface area contributed by atoms with Crippen LogP contribution in [0.15, 0.2) is 46.8 Å². The Bertz CT molecular complexity index is 2420. The molecule has 5 heterocycles. The number of nitriles is 1. The molecule has 1 saturated carbocycles. The molecular weight excluding hydrogens is 715 g/mol. The number of anilines is 1. The highest BCUT2D eigenvalue weighted by Gasteiger charge is 2.63. The van der Waals surface area contributed by atoms with Crippen LogP contribution in [0.25, 0.3) is 32.2 Å². The van der Waals surface area contributed by atoms with Crippen LogP contribution in [-0.4, -0.2) is 74.4 Å². The summed E-state index contributed by atoms with van der Waals surface area (Å²) in [7, 11) is 1.79. The van der Waals surface area contributed by atoms with E-state index in [2.05, 4.69) is 32.9 Å². The van der Waals surface area contributed by atoms with Gasteiger partial charge in [-0.25, -0.2) is 14.8 Å². The van der Waals surface area contributed by atoms with Gasteiger partial charge < -0.3 is 14.9 Å². The number of aromatic carboxylic acids is 1. The number of thiophene rings is 1. The third kappa shape index (κ3) is 6.36. The molecule has 1 aliphatic carbocycles. The molecule has 1 saturated heterocycles. The number of carboxylic acid groups (broad SMARTS) is 1. The van der Waals surface area contributed by atoms with Gasteiger partial charge in [0, 0.05) is 66.0 Å². The van der Waals surface area contributed by atoms with E-state index in [1.807, 2.05) is 9.80 Å². The highest BCUT2D eigenvalue weighted by Crippen LogP contribution is 2.58. The summed E-state index contributed by atoms with van der Waals surface area (Å²) in [6, 6.07) is 9.05. The lowest BCUT2D eigenvalue weighted by atomic mass is 9.99. The number of likely N-dealkylation sites (tertiary alicyclic amines) is 1. The van der Waals surface area contributed by atoms with Crippen LogP contribution in [0.4, 0.5) is 19.0 Å². The van der Waals surface area contributed by atoms with Crippen LogP contribution in [0.5, 0.6) is 0 Å².